The van der Waals surface area contributed by atoms with Gasteiger partial charge in [0.05, 0.1) is 17.3 Å². The van der Waals surface area contributed by atoms with Crippen molar-refractivity contribution in [1.82, 2.24) is 19.7 Å². The van der Waals surface area contributed by atoms with Crippen LogP contribution >= 0.6 is 11.8 Å². The fraction of sp³-hybridized carbons (Fsp3) is 0.167. The second-order valence-electron chi connectivity index (χ2n) is 7.66. The van der Waals surface area contributed by atoms with Crippen LogP contribution in [-0.4, -0.2) is 19.7 Å². The Morgan fingerprint density at radius 1 is 1.00 bits per heavy atom. The van der Waals surface area contributed by atoms with Crippen molar-refractivity contribution in [2.45, 2.75) is 30.0 Å². The van der Waals surface area contributed by atoms with E-state index in [1.165, 1.54) is 11.1 Å². The molecule has 0 atom stereocenters. The zero-order valence-electron chi connectivity index (χ0n) is 16.6. The van der Waals surface area contributed by atoms with Crippen LogP contribution in [0.5, 0.6) is 0 Å². The molecule has 0 spiro atoms. The van der Waals surface area contributed by atoms with Crippen LogP contribution < -0.4 is 5.63 Å². The molecule has 152 valence electrons. The zero-order chi connectivity index (χ0) is 20.8. The summed E-state index contributed by atoms with van der Waals surface area (Å²) in [6.45, 7) is 0. The second kappa shape index (κ2) is 7.35. The summed E-state index contributed by atoms with van der Waals surface area (Å²) in [5, 5.41) is 7.27. The van der Waals surface area contributed by atoms with Crippen molar-refractivity contribution >= 4 is 33.8 Å². The van der Waals surface area contributed by atoms with Gasteiger partial charge in [-0.25, -0.2) is 19.4 Å². The molecule has 0 radical (unpaired) electrons. The van der Waals surface area contributed by atoms with Crippen molar-refractivity contribution in [3.05, 3.63) is 88.2 Å². The van der Waals surface area contributed by atoms with E-state index in [-0.39, 0.29) is 5.63 Å². The highest BCUT2D eigenvalue weighted by Gasteiger charge is 2.16. The molecule has 0 amide bonds. The maximum Gasteiger partial charge on any atom is 0.336 e. The molecule has 2 aromatic carbocycles. The molecule has 3 aromatic heterocycles. The second-order valence-corrected chi connectivity index (χ2v) is 8.62. The molecule has 6 nitrogen and oxygen atoms in total. The number of rotatable bonds is 4. The standard InChI is InChI=1S/C24H18N4O2S/c29-22-11-17(19-9-15-5-4-6-16(15)10-21(19)30-22)13-31-24-20-12-27-28(23(20)25-14-26-24)18-7-2-1-3-8-18/h1-3,7-12,14H,4-6,13H2. The SMILES string of the molecule is O=c1cc(CSc2ncnc3c2cnn3-c2ccccc2)c2cc3c(cc2o1)CCC3. The maximum absolute atomic E-state index is 12.2. The van der Waals surface area contributed by atoms with Gasteiger partial charge in [0.15, 0.2) is 5.65 Å². The molecular formula is C24H18N4O2S. The molecule has 7 heteroatoms. The topological polar surface area (TPSA) is 73.8 Å². The number of para-hydroxylation sites is 1. The minimum Gasteiger partial charge on any atom is -0.423 e. The van der Waals surface area contributed by atoms with Gasteiger partial charge in [-0.05, 0) is 60.2 Å². The largest absolute Gasteiger partial charge is 0.423 e. The summed E-state index contributed by atoms with van der Waals surface area (Å²) < 4.78 is 7.31. The number of nitrogens with zero attached hydrogens (tertiary/aromatic N) is 4. The molecule has 0 saturated heterocycles. The minimum atomic E-state index is -0.314. The summed E-state index contributed by atoms with van der Waals surface area (Å²) in [7, 11) is 0. The van der Waals surface area contributed by atoms with Crippen LogP contribution in [-0.2, 0) is 18.6 Å². The predicted octanol–water partition coefficient (Wildman–Crippen LogP) is 4.70. The van der Waals surface area contributed by atoms with E-state index in [0.29, 0.717) is 11.3 Å². The number of benzene rings is 2. The lowest BCUT2D eigenvalue weighted by Gasteiger charge is -2.08. The van der Waals surface area contributed by atoms with Crippen molar-refractivity contribution in [2.75, 3.05) is 0 Å². The third-order valence-corrected chi connectivity index (χ3v) is 6.79. The third-order valence-electron chi connectivity index (χ3n) is 5.74. The molecule has 1 aliphatic rings. The van der Waals surface area contributed by atoms with E-state index in [0.717, 1.165) is 52.0 Å². The highest BCUT2D eigenvalue weighted by Crippen LogP contribution is 2.33. The Morgan fingerprint density at radius 2 is 1.84 bits per heavy atom. The smallest absolute Gasteiger partial charge is 0.336 e. The van der Waals surface area contributed by atoms with Gasteiger partial charge in [0.1, 0.15) is 16.9 Å². The summed E-state index contributed by atoms with van der Waals surface area (Å²) in [6.07, 6.45) is 6.66. The minimum absolute atomic E-state index is 0.314. The van der Waals surface area contributed by atoms with E-state index < -0.39 is 0 Å². The van der Waals surface area contributed by atoms with E-state index in [1.807, 2.05) is 41.1 Å². The van der Waals surface area contributed by atoms with Crippen LogP contribution in [0.1, 0.15) is 23.1 Å². The summed E-state index contributed by atoms with van der Waals surface area (Å²) in [6, 6.07) is 15.7. The number of thioether (sulfide) groups is 1. The maximum atomic E-state index is 12.2. The normalized spacial score (nSPS) is 13.2. The van der Waals surface area contributed by atoms with Gasteiger partial charge < -0.3 is 4.42 Å². The van der Waals surface area contributed by atoms with Crippen LogP contribution in [0.25, 0.3) is 27.7 Å². The predicted molar refractivity (Wildman–Crippen MR) is 121 cm³/mol. The van der Waals surface area contributed by atoms with Gasteiger partial charge in [-0.15, -0.1) is 11.8 Å². The molecule has 1 aliphatic carbocycles. The first-order valence-corrected chi connectivity index (χ1v) is 11.2. The Bertz CT molecular complexity index is 1490. The average Bonchev–Trinajstić information content (AvgIpc) is 3.43. The van der Waals surface area contributed by atoms with E-state index in [4.69, 9.17) is 4.42 Å². The summed E-state index contributed by atoms with van der Waals surface area (Å²) in [4.78, 5) is 21.1. The number of hydrogen-bond acceptors (Lipinski definition) is 6. The number of aromatic nitrogens is 4. The molecule has 0 N–H and O–H groups in total. The number of aryl methyl sites for hydroxylation is 2. The average molecular weight is 427 g/mol. The summed E-state index contributed by atoms with van der Waals surface area (Å²) in [5.74, 6) is 0.615. The molecule has 0 saturated carbocycles. The van der Waals surface area contributed by atoms with Crippen molar-refractivity contribution in [3.8, 4) is 5.69 Å². The van der Waals surface area contributed by atoms with Crippen molar-refractivity contribution in [3.63, 3.8) is 0 Å². The molecule has 31 heavy (non-hydrogen) atoms. The summed E-state index contributed by atoms with van der Waals surface area (Å²) >= 11 is 1.58. The molecule has 5 aromatic rings. The fourth-order valence-electron chi connectivity index (χ4n) is 4.26. The third kappa shape index (κ3) is 3.21. The Morgan fingerprint density at radius 3 is 2.71 bits per heavy atom. The van der Waals surface area contributed by atoms with Gasteiger partial charge in [-0.1, -0.05) is 18.2 Å². The highest BCUT2D eigenvalue weighted by molar-refractivity contribution is 7.98. The Hall–Kier alpha value is -3.45. The van der Waals surface area contributed by atoms with Gasteiger partial charge in [-0.2, -0.15) is 5.10 Å². The zero-order valence-corrected chi connectivity index (χ0v) is 17.4. The van der Waals surface area contributed by atoms with E-state index in [9.17, 15) is 4.79 Å². The molecule has 6 rings (SSSR count). The molecule has 0 unspecified atom stereocenters. The van der Waals surface area contributed by atoms with Gasteiger partial charge >= 0.3 is 5.63 Å². The Kier molecular flexibility index (Phi) is 4.35. The van der Waals surface area contributed by atoms with E-state index in [2.05, 4.69) is 21.1 Å². The van der Waals surface area contributed by atoms with Crippen LogP contribution in [0.2, 0.25) is 0 Å². The first kappa shape index (κ1) is 18.3. The number of hydrogen-bond donors (Lipinski definition) is 0. The molecule has 0 fully saturated rings. The van der Waals surface area contributed by atoms with Gasteiger partial charge in [0, 0.05) is 17.2 Å². The van der Waals surface area contributed by atoms with Crippen LogP contribution in [0.15, 0.2) is 75.3 Å². The summed E-state index contributed by atoms with van der Waals surface area (Å²) in [5.41, 5.74) is 5.70. The van der Waals surface area contributed by atoms with Crippen LogP contribution in [0, 0.1) is 0 Å². The van der Waals surface area contributed by atoms with Crippen molar-refractivity contribution < 1.29 is 4.42 Å². The van der Waals surface area contributed by atoms with Crippen molar-refractivity contribution in [2.24, 2.45) is 0 Å². The van der Waals surface area contributed by atoms with Crippen LogP contribution in [0.3, 0.4) is 0 Å². The van der Waals surface area contributed by atoms with Gasteiger partial charge in [0.25, 0.3) is 0 Å². The lowest BCUT2D eigenvalue weighted by atomic mass is 10.0. The first-order chi connectivity index (χ1) is 15.3. The molecule has 3 heterocycles. The van der Waals surface area contributed by atoms with E-state index in [1.54, 1.807) is 30.4 Å². The fourth-order valence-corrected chi connectivity index (χ4v) is 5.21. The molecular weight excluding hydrogens is 408 g/mol. The Labute approximate surface area is 181 Å². The highest BCUT2D eigenvalue weighted by atomic mass is 32.2. The van der Waals surface area contributed by atoms with Gasteiger partial charge in [-0.3, -0.25) is 0 Å². The van der Waals surface area contributed by atoms with Crippen LogP contribution in [0.4, 0.5) is 0 Å². The molecule has 0 aliphatic heterocycles. The lowest BCUT2D eigenvalue weighted by Crippen LogP contribution is -2.01. The molecule has 0 bridgehead atoms. The monoisotopic (exact) mass is 426 g/mol. The van der Waals surface area contributed by atoms with Crippen molar-refractivity contribution in [1.29, 1.82) is 0 Å². The van der Waals surface area contributed by atoms with E-state index >= 15 is 0 Å². The first-order valence-electron chi connectivity index (χ1n) is 10.2. The lowest BCUT2D eigenvalue weighted by molar-refractivity contribution is 0.559. The number of fused-ring (bicyclic) bond motifs is 3. The van der Waals surface area contributed by atoms with Gasteiger partial charge in [0.2, 0.25) is 0 Å². The quantitative estimate of drug-likeness (QED) is 0.236. The Balaban J connectivity index is 1.37.